The maximum absolute atomic E-state index is 10.7. The van der Waals surface area contributed by atoms with Crippen LogP contribution in [0.1, 0.15) is 33.1 Å². The summed E-state index contributed by atoms with van der Waals surface area (Å²) >= 11 is 0. The van der Waals surface area contributed by atoms with E-state index in [-0.39, 0.29) is 6.03 Å². The molecule has 0 radical (unpaired) electrons. The van der Waals surface area contributed by atoms with E-state index in [2.05, 4.69) is 6.92 Å². The molecule has 0 heterocycles. The number of hydrogen-bond acceptors (Lipinski definition) is 1. The maximum Gasteiger partial charge on any atom is 0.314 e. The van der Waals surface area contributed by atoms with Gasteiger partial charge in [-0.25, -0.2) is 4.79 Å². The van der Waals surface area contributed by atoms with Gasteiger partial charge in [0.1, 0.15) is 0 Å². The third-order valence-corrected chi connectivity index (χ3v) is 1.72. The van der Waals surface area contributed by atoms with Crippen LogP contribution >= 0.6 is 0 Å². The molecule has 3 heteroatoms. The summed E-state index contributed by atoms with van der Waals surface area (Å²) < 4.78 is 0. The van der Waals surface area contributed by atoms with Gasteiger partial charge in [-0.1, -0.05) is 19.8 Å². The van der Waals surface area contributed by atoms with Crippen molar-refractivity contribution in [2.24, 2.45) is 5.73 Å². The van der Waals surface area contributed by atoms with E-state index in [9.17, 15) is 4.79 Å². The lowest BCUT2D eigenvalue weighted by atomic mass is 10.2. The van der Waals surface area contributed by atoms with Gasteiger partial charge in [-0.2, -0.15) is 0 Å². The molecule has 2 amide bonds. The van der Waals surface area contributed by atoms with Gasteiger partial charge in [-0.3, -0.25) is 0 Å². The van der Waals surface area contributed by atoms with Gasteiger partial charge in [0.15, 0.2) is 0 Å². The number of amides is 2. The molecular formula is C8H18N2O. The zero-order valence-electron chi connectivity index (χ0n) is 7.47. The number of carbonyl (C=O) groups excluding carboxylic acids is 1. The molecule has 0 bridgehead atoms. The van der Waals surface area contributed by atoms with Crippen LogP contribution < -0.4 is 5.73 Å². The molecule has 2 N–H and O–H groups in total. The van der Waals surface area contributed by atoms with Crippen molar-refractivity contribution in [2.45, 2.75) is 33.1 Å². The highest BCUT2D eigenvalue weighted by atomic mass is 16.2. The van der Waals surface area contributed by atoms with Crippen molar-refractivity contribution in [3.63, 3.8) is 0 Å². The Bertz CT molecular complexity index is 115. The van der Waals surface area contributed by atoms with Crippen LogP contribution in [0.4, 0.5) is 4.79 Å². The average Bonchev–Trinajstić information content (AvgIpc) is 1.97. The normalized spacial score (nSPS) is 9.64. The number of unbranched alkanes of at least 4 members (excludes halogenated alkanes) is 2. The summed E-state index contributed by atoms with van der Waals surface area (Å²) in [6.45, 7) is 5.61. The molecule has 0 spiro atoms. The second-order valence-electron chi connectivity index (χ2n) is 2.63. The number of nitrogens with zero attached hydrogens (tertiary/aromatic N) is 1. The highest BCUT2D eigenvalue weighted by Crippen LogP contribution is 1.97. The van der Waals surface area contributed by atoms with Crippen LogP contribution in [0.5, 0.6) is 0 Å². The van der Waals surface area contributed by atoms with Gasteiger partial charge < -0.3 is 10.6 Å². The van der Waals surface area contributed by atoms with E-state index in [1.54, 1.807) is 4.90 Å². The third kappa shape index (κ3) is 4.65. The lowest BCUT2D eigenvalue weighted by Gasteiger charge is -2.17. The summed E-state index contributed by atoms with van der Waals surface area (Å²) in [5, 5.41) is 0. The maximum atomic E-state index is 10.7. The fourth-order valence-corrected chi connectivity index (χ4v) is 0.977. The molecule has 0 unspecified atom stereocenters. The summed E-state index contributed by atoms with van der Waals surface area (Å²) in [7, 11) is 0. The Morgan fingerprint density at radius 3 is 2.36 bits per heavy atom. The Balaban J connectivity index is 3.44. The first-order valence-electron chi connectivity index (χ1n) is 4.26. The molecule has 0 aromatic carbocycles. The standard InChI is InChI=1S/C8H18N2O/c1-3-5-6-7-10(4-2)8(9)11/h3-7H2,1-2H3,(H2,9,11). The van der Waals surface area contributed by atoms with Crippen molar-refractivity contribution in [2.75, 3.05) is 13.1 Å². The van der Waals surface area contributed by atoms with Gasteiger partial charge in [0.25, 0.3) is 0 Å². The predicted octanol–water partition coefficient (Wildman–Crippen LogP) is 1.58. The molecule has 0 fully saturated rings. The van der Waals surface area contributed by atoms with Gasteiger partial charge in [0.05, 0.1) is 0 Å². The Morgan fingerprint density at radius 2 is 2.00 bits per heavy atom. The molecular weight excluding hydrogens is 140 g/mol. The van der Waals surface area contributed by atoms with Crippen LogP contribution in [-0.2, 0) is 0 Å². The Morgan fingerprint density at radius 1 is 1.36 bits per heavy atom. The van der Waals surface area contributed by atoms with E-state index in [1.165, 1.54) is 12.8 Å². The molecule has 0 aliphatic carbocycles. The molecule has 66 valence electrons. The van der Waals surface area contributed by atoms with E-state index >= 15 is 0 Å². The van der Waals surface area contributed by atoms with E-state index < -0.39 is 0 Å². The van der Waals surface area contributed by atoms with Crippen molar-refractivity contribution in [1.82, 2.24) is 4.90 Å². The highest BCUT2D eigenvalue weighted by molar-refractivity contribution is 5.71. The summed E-state index contributed by atoms with van der Waals surface area (Å²) in [6, 6.07) is -0.302. The summed E-state index contributed by atoms with van der Waals surface area (Å²) in [6.07, 6.45) is 3.41. The van der Waals surface area contributed by atoms with Crippen molar-refractivity contribution in [3.8, 4) is 0 Å². The van der Waals surface area contributed by atoms with E-state index in [1.807, 2.05) is 6.92 Å². The monoisotopic (exact) mass is 158 g/mol. The fraction of sp³-hybridized carbons (Fsp3) is 0.875. The van der Waals surface area contributed by atoms with Crippen LogP contribution in [0, 0.1) is 0 Å². The van der Waals surface area contributed by atoms with Crippen LogP contribution in [0.25, 0.3) is 0 Å². The molecule has 0 rings (SSSR count). The summed E-state index contributed by atoms with van der Waals surface area (Å²) in [4.78, 5) is 12.3. The molecule has 0 aliphatic heterocycles. The van der Waals surface area contributed by atoms with Gasteiger partial charge in [-0.15, -0.1) is 0 Å². The molecule has 0 saturated heterocycles. The Hall–Kier alpha value is -0.730. The minimum atomic E-state index is -0.302. The van der Waals surface area contributed by atoms with Gasteiger partial charge >= 0.3 is 6.03 Å². The molecule has 0 aliphatic rings. The third-order valence-electron chi connectivity index (χ3n) is 1.72. The quantitative estimate of drug-likeness (QED) is 0.607. The van der Waals surface area contributed by atoms with E-state index in [0.717, 1.165) is 19.5 Å². The summed E-state index contributed by atoms with van der Waals surface area (Å²) in [5.74, 6) is 0. The number of primary amides is 1. The zero-order chi connectivity index (χ0) is 8.69. The molecule has 11 heavy (non-hydrogen) atoms. The van der Waals surface area contributed by atoms with Gasteiger partial charge in [0, 0.05) is 13.1 Å². The van der Waals surface area contributed by atoms with Gasteiger partial charge in [0.2, 0.25) is 0 Å². The number of hydrogen-bond donors (Lipinski definition) is 1. The topological polar surface area (TPSA) is 46.3 Å². The second-order valence-corrected chi connectivity index (χ2v) is 2.63. The molecule has 0 aromatic heterocycles. The first-order chi connectivity index (χ1) is 5.22. The van der Waals surface area contributed by atoms with Crippen molar-refractivity contribution in [1.29, 1.82) is 0 Å². The minimum absolute atomic E-state index is 0.302. The minimum Gasteiger partial charge on any atom is -0.351 e. The first kappa shape index (κ1) is 10.3. The largest absolute Gasteiger partial charge is 0.351 e. The fourth-order valence-electron chi connectivity index (χ4n) is 0.977. The molecule has 0 saturated carbocycles. The summed E-state index contributed by atoms with van der Waals surface area (Å²) in [5.41, 5.74) is 5.12. The van der Waals surface area contributed by atoms with Crippen LogP contribution in [0.2, 0.25) is 0 Å². The first-order valence-corrected chi connectivity index (χ1v) is 4.26. The SMILES string of the molecule is CCCCCN(CC)C(N)=O. The Kier molecular flexibility index (Phi) is 5.61. The highest BCUT2D eigenvalue weighted by Gasteiger charge is 2.04. The second kappa shape index (κ2) is 6.01. The van der Waals surface area contributed by atoms with Crippen LogP contribution in [0.15, 0.2) is 0 Å². The number of urea groups is 1. The molecule has 3 nitrogen and oxygen atoms in total. The predicted molar refractivity (Wildman–Crippen MR) is 46.4 cm³/mol. The lowest BCUT2D eigenvalue weighted by molar-refractivity contribution is 0.209. The number of carbonyl (C=O) groups is 1. The smallest absolute Gasteiger partial charge is 0.314 e. The number of rotatable bonds is 5. The van der Waals surface area contributed by atoms with E-state index in [4.69, 9.17) is 5.73 Å². The zero-order valence-corrected chi connectivity index (χ0v) is 7.47. The van der Waals surface area contributed by atoms with Gasteiger partial charge in [-0.05, 0) is 13.3 Å². The van der Waals surface area contributed by atoms with E-state index in [0.29, 0.717) is 0 Å². The lowest BCUT2D eigenvalue weighted by Crippen LogP contribution is -2.36. The van der Waals surface area contributed by atoms with Crippen molar-refractivity contribution in [3.05, 3.63) is 0 Å². The van der Waals surface area contributed by atoms with Crippen molar-refractivity contribution < 1.29 is 4.79 Å². The van der Waals surface area contributed by atoms with Crippen LogP contribution in [-0.4, -0.2) is 24.0 Å². The number of nitrogens with two attached hydrogens (primary N) is 1. The Labute approximate surface area is 68.6 Å². The van der Waals surface area contributed by atoms with Crippen molar-refractivity contribution >= 4 is 6.03 Å². The molecule has 0 aromatic rings. The average molecular weight is 158 g/mol. The molecule has 0 atom stereocenters. The van der Waals surface area contributed by atoms with Crippen LogP contribution in [0.3, 0.4) is 0 Å².